The normalized spacial score (nSPS) is 11.8. The number of nitrogens with one attached hydrogen (secondary N) is 1. The number of hydrazone groups is 1. The number of fused-ring (bicyclic) bond motifs is 1. The van der Waals surface area contributed by atoms with Crippen LogP contribution in [0, 0.1) is 0 Å². The van der Waals surface area contributed by atoms with Crippen molar-refractivity contribution in [3.05, 3.63) is 71.3 Å². The van der Waals surface area contributed by atoms with Gasteiger partial charge in [-0.2, -0.15) is 5.10 Å². The summed E-state index contributed by atoms with van der Waals surface area (Å²) >= 11 is 0. The maximum atomic E-state index is 12.4. The lowest BCUT2D eigenvalue weighted by atomic mass is 9.86. The van der Waals surface area contributed by atoms with Gasteiger partial charge in [-0.3, -0.25) is 4.79 Å². The van der Waals surface area contributed by atoms with Crippen molar-refractivity contribution in [2.75, 3.05) is 0 Å². The maximum Gasteiger partial charge on any atom is 0.275 e. The number of hydrogen-bond donors (Lipinski definition) is 3. The highest BCUT2D eigenvalue weighted by atomic mass is 16.3. The Morgan fingerprint density at radius 3 is 2.30 bits per heavy atom. The Labute approximate surface area is 158 Å². The molecule has 0 radical (unpaired) electrons. The van der Waals surface area contributed by atoms with E-state index in [-0.39, 0.29) is 22.5 Å². The Morgan fingerprint density at radius 2 is 1.63 bits per heavy atom. The molecule has 0 fully saturated rings. The average Bonchev–Trinajstić information content (AvgIpc) is 2.61. The van der Waals surface area contributed by atoms with Gasteiger partial charge in [0.15, 0.2) is 0 Å². The van der Waals surface area contributed by atoms with Crippen molar-refractivity contribution in [2.45, 2.75) is 26.2 Å². The van der Waals surface area contributed by atoms with Gasteiger partial charge in [-0.15, -0.1) is 0 Å². The standard InChI is InChI=1S/C22H22N2O3/c1-22(2,3)17-8-9-19(25)16(10-17)13-23-24-21(27)18-11-14-6-4-5-7-15(14)12-20(18)26/h4-13,25-26H,1-3H3,(H,24,27)/b23-13+. The topological polar surface area (TPSA) is 81.9 Å². The van der Waals surface area contributed by atoms with Gasteiger partial charge in [0.05, 0.1) is 11.8 Å². The van der Waals surface area contributed by atoms with Gasteiger partial charge in [0.25, 0.3) is 5.91 Å². The van der Waals surface area contributed by atoms with E-state index < -0.39 is 5.91 Å². The van der Waals surface area contributed by atoms with Crippen LogP contribution in [0.15, 0.2) is 59.7 Å². The van der Waals surface area contributed by atoms with Crippen LogP contribution in [0.1, 0.15) is 42.3 Å². The van der Waals surface area contributed by atoms with Gasteiger partial charge in [-0.25, -0.2) is 5.43 Å². The van der Waals surface area contributed by atoms with E-state index in [2.05, 4.69) is 31.3 Å². The molecule has 0 aliphatic heterocycles. The minimum absolute atomic E-state index is 0.0730. The number of rotatable bonds is 3. The first-order valence-electron chi connectivity index (χ1n) is 8.64. The van der Waals surface area contributed by atoms with Crippen molar-refractivity contribution in [3.63, 3.8) is 0 Å². The fourth-order valence-electron chi connectivity index (χ4n) is 2.76. The zero-order chi connectivity index (χ0) is 19.6. The van der Waals surface area contributed by atoms with Gasteiger partial charge in [-0.1, -0.05) is 51.1 Å². The zero-order valence-corrected chi connectivity index (χ0v) is 15.5. The highest BCUT2D eigenvalue weighted by molar-refractivity contribution is 6.01. The van der Waals surface area contributed by atoms with Crippen LogP contribution in [-0.4, -0.2) is 22.3 Å². The van der Waals surface area contributed by atoms with Crippen LogP contribution in [0.3, 0.4) is 0 Å². The number of amides is 1. The molecule has 0 aromatic heterocycles. The second-order valence-electron chi connectivity index (χ2n) is 7.44. The van der Waals surface area contributed by atoms with Crippen LogP contribution >= 0.6 is 0 Å². The molecule has 3 N–H and O–H groups in total. The molecule has 3 rings (SSSR count). The van der Waals surface area contributed by atoms with Gasteiger partial charge in [0.1, 0.15) is 11.5 Å². The molecule has 138 valence electrons. The number of hydrogen-bond acceptors (Lipinski definition) is 4. The number of carbonyl (C=O) groups is 1. The summed E-state index contributed by atoms with van der Waals surface area (Å²) in [4.78, 5) is 12.4. The predicted octanol–water partition coefficient (Wildman–Crippen LogP) is 4.31. The van der Waals surface area contributed by atoms with Crippen molar-refractivity contribution in [3.8, 4) is 11.5 Å². The van der Waals surface area contributed by atoms with E-state index in [0.29, 0.717) is 5.56 Å². The van der Waals surface area contributed by atoms with Gasteiger partial charge in [-0.05, 0) is 46.0 Å². The Balaban J connectivity index is 1.81. The molecular weight excluding hydrogens is 340 g/mol. The van der Waals surface area contributed by atoms with Crippen LogP contribution in [0.4, 0.5) is 0 Å². The number of carbonyl (C=O) groups excluding carboxylic acids is 1. The molecular formula is C22H22N2O3. The molecule has 1 amide bonds. The Morgan fingerprint density at radius 1 is 0.963 bits per heavy atom. The second kappa shape index (κ2) is 7.11. The summed E-state index contributed by atoms with van der Waals surface area (Å²) in [6, 6.07) is 15.9. The molecule has 0 aliphatic rings. The number of phenolic OH excluding ortho intramolecular Hbond substituents is 2. The average molecular weight is 362 g/mol. The minimum Gasteiger partial charge on any atom is -0.507 e. The third-order valence-corrected chi connectivity index (χ3v) is 4.37. The van der Waals surface area contributed by atoms with Crippen molar-refractivity contribution in [2.24, 2.45) is 5.10 Å². The van der Waals surface area contributed by atoms with E-state index in [1.807, 2.05) is 36.4 Å². The highest BCUT2D eigenvalue weighted by Gasteiger charge is 2.15. The molecule has 3 aromatic carbocycles. The largest absolute Gasteiger partial charge is 0.507 e. The molecule has 0 spiro atoms. The first kappa shape index (κ1) is 18.5. The van der Waals surface area contributed by atoms with Crippen LogP contribution in [0.25, 0.3) is 10.8 Å². The third-order valence-electron chi connectivity index (χ3n) is 4.37. The summed E-state index contributed by atoms with van der Waals surface area (Å²) in [5, 5.41) is 25.7. The fourth-order valence-corrected chi connectivity index (χ4v) is 2.76. The van der Waals surface area contributed by atoms with Crippen LogP contribution < -0.4 is 5.43 Å². The molecule has 0 unspecified atom stereocenters. The number of nitrogens with zero attached hydrogens (tertiary/aromatic N) is 1. The monoisotopic (exact) mass is 362 g/mol. The second-order valence-corrected chi connectivity index (χ2v) is 7.44. The maximum absolute atomic E-state index is 12.4. The zero-order valence-electron chi connectivity index (χ0n) is 15.5. The van der Waals surface area contributed by atoms with Gasteiger partial charge in [0.2, 0.25) is 0 Å². The molecule has 0 atom stereocenters. The Bertz CT molecular complexity index is 1030. The summed E-state index contributed by atoms with van der Waals surface area (Å²) < 4.78 is 0. The van der Waals surface area contributed by atoms with E-state index >= 15 is 0 Å². The van der Waals surface area contributed by atoms with E-state index in [0.717, 1.165) is 16.3 Å². The molecule has 0 heterocycles. The molecule has 0 saturated heterocycles. The number of benzene rings is 3. The molecule has 3 aromatic rings. The molecule has 0 saturated carbocycles. The summed E-state index contributed by atoms with van der Waals surface area (Å²) in [6.07, 6.45) is 1.39. The SMILES string of the molecule is CC(C)(C)c1ccc(O)c(/C=N/NC(=O)c2cc3ccccc3cc2O)c1. The minimum atomic E-state index is -0.527. The fraction of sp³-hybridized carbons (Fsp3) is 0.182. The molecule has 27 heavy (non-hydrogen) atoms. The number of aromatic hydroxyl groups is 2. The molecule has 5 nitrogen and oxygen atoms in total. The van der Waals surface area contributed by atoms with Crippen LogP contribution in [0.5, 0.6) is 11.5 Å². The Hall–Kier alpha value is -3.34. The van der Waals surface area contributed by atoms with Gasteiger partial charge >= 0.3 is 0 Å². The van der Waals surface area contributed by atoms with Crippen molar-refractivity contribution < 1.29 is 15.0 Å². The van der Waals surface area contributed by atoms with Crippen LogP contribution in [0.2, 0.25) is 0 Å². The lowest BCUT2D eigenvalue weighted by molar-refractivity contribution is 0.0952. The van der Waals surface area contributed by atoms with Crippen molar-refractivity contribution >= 4 is 22.9 Å². The van der Waals surface area contributed by atoms with Gasteiger partial charge in [0, 0.05) is 5.56 Å². The summed E-state index contributed by atoms with van der Waals surface area (Å²) in [6.45, 7) is 6.22. The molecule has 0 aliphatic carbocycles. The summed E-state index contributed by atoms with van der Waals surface area (Å²) in [7, 11) is 0. The lowest BCUT2D eigenvalue weighted by Gasteiger charge is -2.19. The Kier molecular flexibility index (Phi) is 4.86. The first-order chi connectivity index (χ1) is 12.8. The lowest BCUT2D eigenvalue weighted by Crippen LogP contribution is -2.18. The quantitative estimate of drug-likeness (QED) is 0.479. The smallest absolute Gasteiger partial charge is 0.275 e. The van der Waals surface area contributed by atoms with E-state index in [1.54, 1.807) is 18.2 Å². The molecule has 0 bridgehead atoms. The van der Waals surface area contributed by atoms with E-state index in [9.17, 15) is 15.0 Å². The summed E-state index contributed by atoms with van der Waals surface area (Å²) in [5.41, 5.74) is 4.01. The van der Waals surface area contributed by atoms with E-state index in [1.165, 1.54) is 6.21 Å². The van der Waals surface area contributed by atoms with Crippen molar-refractivity contribution in [1.82, 2.24) is 5.43 Å². The van der Waals surface area contributed by atoms with Crippen molar-refractivity contribution in [1.29, 1.82) is 0 Å². The first-order valence-corrected chi connectivity index (χ1v) is 8.64. The molecule has 5 heteroatoms. The number of phenols is 2. The summed E-state index contributed by atoms with van der Waals surface area (Å²) in [5.74, 6) is -0.561. The van der Waals surface area contributed by atoms with E-state index in [4.69, 9.17) is 0 Å². The van der Waals surface area contributed by atoms with Gasteiger partial charge < -0.3 is 10.2 Å². The third kappa shape index (κ3) is 4.08. The predicted molar refractivity (Wildman–Crippen MR) is 107 cm³/mol. The van der Waals surface area contributed by atoms with Crippen LogP contribution in [-0.2, 0) is 5.41 Å². The highest BCUT2D eigenvalue weighted by Crippen LogP contribution is 2.27.